The Labute approximate surface area is 171 Å². The summed E-state index contributed by atoms with van der Waals surface area (Å²) in [6.07, 6.45) is 1.59. The second-order valence-electron chi connectivity index (χ2n) is 6.72. The fourth-order valence-corrected chi connectivity index (χ4v) is 5.25. The number of benzene rings is 1. The number of rotatable bonds is 6. The average Bonchev–Trinajstić information content (AvgIpc) is 3.10. The molecule has 28 heavy (non-hydrogen) atoms. The second kappa shape index (κ2) is 7.52. The Morgan fingerprint density at radius 1 is 1.07 bits per heavy atom. The number of thioether (sulfide) groups is 1. The van der Waals surface area contributed by atoms with Crippen LogP contribution in [0.3, 0.4) is 0 Å². The molecule has 3 aromatic rings. The molecule has 4 rings (SSSR count). The number of thiophene rings is 1. The van der Waals surface area contributed by atoms with Gasteiger partial charge in [0.1, 0.15) is 10.6 Å². The van der Waals surface area contributed by atoms with Gasteiger partial charge in [0.15, 0.2) is 5.16 Å². The molecule has 0 fully saturated rings. The molecule has 0 saturated heterocycles. The van der Waals surface area contributed by atoms with Crippen molar-refractivity contribution in [1.82, 2.24) is 14.9 Å². The summed E-state index contributed by atoms with van der Waals surface area (Å²) >= 11 is 3.19. The predicted octanol–water partition coefficient (Wildman–Crippen LogP) is 4.06. The van der Waals surface area contributed by atoms with Crippen LogP contribution in [0, 0.1) is 13.8 Å². The van der Waals surface area contributed by atoms with Crippen molar-refractivity contribution >= 4 is 50.9 Å². The summed E-state index contributed by atoms with van der Waals surface area (Å²) < 4.78 is 0. The van der Waals surface area contributed by atoms with Gasteiger partial charge in [-0.25, -0.2) is 9.97 Å². The fourth-order valence-electron chi connectivity index (χ4n) is 3.30. The first kappa shape index (κ1) is 18.9. The summed E-state index contributed by atoms with van der Waals surface area (Å²) in [6, 6.07) is 6.97. The van der Waals surface area contributed by atoms with Gasteiger partial charge in [-0.2, -0.15) is 0 Å². The number of fused-ring (bicyclic) bond motifs is 2. The van der Waals surface area contributed by atoms with Gasteiger partial charge in [-0.3, -0.25) is 14.5 Å². The summed E-state index contributed by atoms with van der Waals surface area (Å²) in [7, 11) is 0. The SMILES string of the molecule is Cc1sc2nc(SCCCCN3C(=O)c4ccccc4C3=O)nc(N)c2c1C. The minimum atomic E-state index is -0.196. The Morgan fingerprint density at radius 3 is 2.43 bits per heavy atom. The number of anilines is 1. The number of carbonyl (C=O) groups excluding carboxylic acids is 2. The number of nitrogens with zero attached hydrogens (tertiary/aromatic N) is 3. The van der Waals surface area contributed by atoms with Gasteiger partial charge in [0, 0.05) is 17.2 Å². The molecule has 144 valence electrons. The molecule has 2 N–H and O–H groups in total. The van der Waals surface area contributed by atoms with Crippen LogP contribution >= 0.6 is 23.1 Å². The normalized spacial score (nSPS) is 13.6. The Morgan fingerprint density at radius 2 is 1.75 bits per heavy atom. The molecule has 1 aliphatic rings. The Bertz CT molecular complexity index is 1060. The number of amides is 2. The van der Waals surface area contributed by atoms with Gasteiger partial charge >= 0.3 is 0 Å². The van der Waals surface area contributed by atoms with E-state index in [2.05, 4.69) is 16.9 Å². The average molecular weight is 413 g/mol. The van der Waals surface area contributed by atoms with E-state index in [0.29, 0.717) is 28.6 Å². The van der Waals surface area contributed by atoms with Crippen LogP contribution in [0.25, 0.3) is 10.2 Å². The molecule has 0 spiro atoms. The first-order valence-corrected chi connectivity index (χ1v) is 10.9. The van der Waals surface area contributed by atoms with Gasteiger partial charge < -0.3 is 5.73 Å². The van der Waals surface area contributed by atoms with E-state index in [1.807, 2.05) is 6.92 Å². The lowest BCUT2D eigenvalue weighted by Gasteiger charge is -2.13. The quantitative estimate of drug-likeness (QED) is 0.284. The maximum Gasteiger partial charge on any atom is 0.261 e. The van der Waals surface area contributed by atoms with Crippen LogP contribution in [-0.4, -0.2) is 39.0 Å². The van der Waals surface area contributed by atoms with E-state index < -0.39 is 0 Å². The van der Waals surface area contributed by atoms with Crippen LogP contribution < -0.4 is 5.73 Å². The van der Waals surface area contributed by atoms with Crippen LogP contribution in [-0.2, 0) is 0 Å². The molecule has 8 heteroatoms. The molecule has 3 heterocycles. The standard InChI is InChI=1S/C20H20N4O2S2/c1-11-12(2)28-17-15(11)16(21)22-20(23-17)27-10-6-5-9-24-18(25)13-7-3-4-8-14(13)19(24)26/h3-4,7-8H,5-6,9-10H2,1-2H3,(H2,21,22,23). The van der Waals surface area contributed by atoms with Crippen molar-refractivity contribution in [3.63, 3.8) is 0 Å². The zero-order valence-corrected chi connectivity index (χ0v) is 17.3. The third kappa shape index (κ3) is 3.27. The molecule has 0 aliphatic carbocycles. The third-order valence-electron chi connectivity index (χ3n) is 4.92. The van der Waals surface area contributed by atoms with Crippen LogP contribution in [0.1, 0.15) is 44.0 Å². The number of aromatic nitrogens is 2. The fraction of sp³-hybridized carbons (Fsp3) is 0.300. The number of aryl methyl sites for hydroxylation is 2. The Hall–Kier alpha value is -2.45. The zero-order valence-electron chi connectivity index (χ0n) is 15.7. The predicted molar refractivity (Wildman–Crippen MR) is 113 cm³/mol. The topological polar surface area (TPSA) is 89.2 Å². The van der Waals surface area contributed by atoms with E-state index in [-0.39, 0.29) is 11.8 Å². The lowest BCUT2D eigenvalue weighted by Crippen LogP contribution is -2.30. The molecule has 1 aromatic carbocycles. The number of hydrogen-bond donors (Lipinski definition) is 1. The summed E-state index contributed by atoms with van der Waals surface area (Å²) in [5.41, 5.74) is 8.27. The van der Waals surface area contributed by atoms with E-state index in [1.54, 1.807) is 47.4 Å². The maximum atomic E-state index is 12.4. The van der Waals surface area contributed by atoms with Gasteiger partial charge in [0.2, 0.25) is 0 Å². The molecule has 0 unspecified atom stereocenters. The highest BCUT2D eigenvalue weighted by Crippen LogP contribution is 2.33. The number of carbonyl (C=O) groups is 2. The number of nitrogens with two attached hydrogens (primary N) is 1. The number of hydrogen-bond acceptors (Lipinski definition) is 7. The summed E-state index contributed by atoms with van der Waals surface area (Å²) in [6.45, 7) is 4.53. The van der Waals surface area contributed by atoms with E-state index in [0.717, 1.165) is 34.4 Å². The highest BCUT2D eigenvalue weighted by molar-refractivity contribution is 7.99. The minimum absolute atomic E-state index is 0.196. The Kier molecular flexibility index (Phi) is 5.07. The van der Waals surface area contributed by atoms with Crippen molar-refractivity contribution in [1.29, 1.82) is 0 Å². The second-order valence-corrected chi connectivity index (χ2v) is 8.98. The number of imide groups is 1. The van der Waals surface area contributed by atoms with Crippen LogP contribution in [0.15, 0.2) is 29.4 Å². The first-order valence-electron chi connectivity index (χ1n) is 9.08. The molecule has 2 aromatic heterocycles. The molecule has 0 radical (unpaired) electrons. The monoisotopic (exact) mass is 412 g/mol. The Balaban J connectivity index is 1.32. The van der Waals surface area contributed by atoms with Crippen molar-refractivity contribution in [2.75, 3.05) is 18.0 Å². The minimum Gasteiger partial charge on any atom is -0.383 e. The molecular formula is C20H20N4O2S2. The largest absolute Gasteiger partial charge is 0.383 e. The molecule has 1 aliphatic heterocycles. The molecule has 6 nitrogen and oxygen atoms in total. The van der Waals surface area contributed by atoms with Gasteiger partial charge in [-0.15, -0.1) is 11.3 Å². The van der Waals surface area contributed by atoms with E-state index in [1.165, 1.54) is 9.78 Å². The highest BCUT2D eigenvalue weighted by atomic mass is 32.2. The molecular weight excluding hydrogens is 392 g/mol. The lowest BCUT2D eigenvalue weighted by molar-refractivity contribution is 0.0652. The third-order valence-corrected chi connectivity index (χ3v) is 6.96. The first-order chi connectivity index (χ1) is 13.5. The van der Waals surface area contributed by atoms with E-state index >= 15 is 0 Å². The van der Waals surface area contributed by atoms with Gasteiger partial charge in [-0.05, 0) is 44.4 Å². The van der Waals surface area contributed by atoms with Gasteiger partial charge in [-0.1, -0.05) is 23.9 Å². The van der Waals surface area contributed by atoms with E-state index in [9.17, 15) is 9.59 Å². The summed E-state index contributed by atoms with van der Waals surface area (Å²) in [4.78, 5) is 37.2. The van der Waals surface area contributed by atoms with Crippen LogP contribution in [0.2, 0.25) is 0 Å². The molecule has 0 atom stereocenters. The summed E-state index contributed by atoms with van der Waals surface area (Å²) in [5.74, 6) is 0.939. The van der Waals surface area contributed by atoms with Crippen molar-refractivity contribution in [3.8, 4) is 0 Å². The number of nitrogen functional groups attached to an aromatic ring is 1. The molecule has 2 amide bonds. The van der Waals surface area contributed by atoms with Gasteiger partial charge in [0.25, 0.3) is 11.8 Å². The van der Waals surface area contributed by atoms with Crippen molar-refractivity contribution in [2.24, 2.45) is 0 Å². The number of unbranched alkanes of at least 4 members (excludes halogenated alkanes) is 1. The van der Waals surface area contributed by atoms with Crippen molar-refractivity contribution < 1.29 is 9.59 Å². The van der Waals surface area contributed by atoms with Crippen molar-refractivity contribution in [2.45, 2.75) is 31.8 Å². The van der Waals surface area contributed by atoms with Crippen molar-refractivity contribution in [3.05, 3.63) is 45.8 Å². The van der Waals surface area contributed by atoms with Gasteiger partial charge in [0.05, 0.1) is 16.5 Å². The summed E-state index contributed by atoms with van der Waals surface area (Å²) in [5, 5.41) is 1.63. The zero-order chi connectivity index (χ0) is 19.8. The van der Waals surface area contributed by atoms with Crippen LogP contribution in [0.5, 0.6) is 0 Å². The molecule has 0 saturated carbocycles. The lowest BCUT2D eigenvalue weighted by atomic mass is 10.1. The van der Waals surface area contributed by atoms with Crippen LogP contribution in [0.4, 0.5) is 5.82 Å². The molecule has 0 bridgehead atoms. The highest BCUT2D eigenvalue weighted by Gasteiger charge is 2.34. The van der Waals surface area contributed by atoms with E-state index in [4.69, 9.17) is 5.73 Å². The smallest absolute Gasteiger partial charge is 0.261 e. The maximum absolute atomic E-state index is 12.4.